The normalized spacial score (nSPS) is 11.7. The van der Waals surface area contributed by atoms with Crippen molar-refractivity contribution in [1.82, 2.24) is 10.2 Å². The molecule has 0 unspecified atom stereocenters. The molecule has 0 aromatic heterocycles. The van der Waals surface area contributed by atoms with Gasteiger partial charge >= 0.3 is 0 Å². The first-order valence-electron chi connectivity index (χ1n) is 10.4. The predicted octanol–water partition coefficient (Wildman–Crippen LogP) is 4.32. The van der Waals surface area contributed by atoms with Crippen molar-refractivity contribution in [3.63, 3.8) is 0 Å². The maximum Gasteiger partial charge on any atom is 0.251 e. The summed E-state index contributed by atoms with van der Waals surface area (Å²) in [4.78, 5) is 14.8. The summed E-state index contributed by atoms with van der Waals surface area (Å²) >= 11 is 0. The lowest BCUT2D eigenvalue weighted by molar-refractivity contribution is 0.0942. The molecule has 3 aromatic carbocycles. The molecule has 0 aliphatic heterocycles. The van der Waals surface area contributed by atoms with E-state index in [9.17, 15) is 4.79 Å². The van der Waals surface area contributed by atoms with Gasteiger partial charge in [0, 0.05) is 12.1 Å². The molecule has 1 amide bonds. The van der Waals surface area contributed by atoms with Crippen molar-refractivity contribution < 1.29 is 19.0 Å². The van der Waals surface area contributed by atoms with Crippen LogP contribution in [0.1, 0.15) is 27.5 Å². The zero-order valence-corrected chi connectivity index (χ0v) is 19.0. The number of nitrogens with one attached hydrogen (secondary N) is 1. The second-order valence-corrected chi connectivity index (χ2v) is 7.60. The highest BCUT2D eigenvalue weighted by Gasteiger charge is 2.18. The minimum absolute atomic E-state index is 0.0164. The Balaban J connectivity index is 1.60. The molecule has 0 aliphatic carbocycles. The number of methoxy groups -OCH3 is 2. The third-order valence-corrected chi connectivity index (χ3v) is 5.24. The van der Waals surface area contributed by atoms with Gasteiger partial charge in [0.25, 0.3) is 5.91 Å². The van der Waals surface area contributed by atoms with Gasteiger partial charge in [-0.25, -0.2) is 0 Å². The Labute approximate surface area is 189 Å². The van der Waals surface area contributed by atoms with Crippen LogP contribution in [-0.2, 0) is 6.61 Å². The molecule has 0 aliphatic rings. The maximum absolute atomic E-state index is 12.7. The summed E-state index contributed by atoms with van der Waals surface area (Å²) in [6, 6.07) is 22.9. The molecule has 1 N–H and O–H groups in total. The highest BCUT2D eigenvalue weighted by molar-refractivity contribution is 5.94. The zero-order valence-electron chi connectivity index (χ0n) is 19.0. The van der Waals surface area contributed by atoms with E-state index >= 15 is 0 Å². The van der Waals surface area contributed by atoms with Crippen molar-refractivity contribution in [3.8, 4) is 17.2 Å². The van der Waals surface area contributed by atoms with Crippen LogP contribution in [0, 0.1) is 0 Å². The predicted molar refractivity (Wildman–Crippen MR) is 126 cm³/mol. The second-order valence-electron chi connectivity index (χ2n) is 7.60. The van der Waals surface area contributed by atoms with Crippen LogP contribution in [0.15, 0.2) is 72.8 Å². The number of nitrogens with zero attached hydrogens (tertiary/aromatic N) is 1. The van der Waals surface area contributed by atoms with Crippen LogP contribution in [0.4, 0.5) is 0 Å². The van der Waals surface area contributed by atoms with Crippen molar-refractivity contribution in [2.75, 3.05) is 34.9 Å². The minimum Gasteiger partial charge on any atom is -0.493 e. The summed E-state index contributed by atoms with van der Waals surface area (Å²) in [5, 5.41) is 3.04. The standard InChI is InChI=1S/C26H30N2O4/c1-28(2)23(21-14-15-24(30-3)25(16-21)31-4)17-27-26(29)20-12-10-19(11-13-20)18-32-22-8-6-5-7-9-22/h5-16,23H,17-18H2,1-4H3,(H,27,29)/t23-/m0/s1. The Hall–Kier alpha value is -3.51. The first kappa shape index (κ1) is 23.2. The fourth-order valence-corrected chi connectivity index (χ4v) is 3.39. The SMILES string of the molecule is COc1ccc([C@H](CNC(=O)c2ccc(COc3ccccc3)cc2)N(C)C)cc1OC. The Kier molecular flexibility index (Phi) is 8.11. The van der Waals surface area contributed by atoms with E-state index < -0.39 is 0 Å². The van der Waals surface area contributed by atoms with Crippen LogP contribution >= 0.6 is 0 Å². The number of rotatable bonds is 10. The van der Waals surface area contributed by atoms with Crippen molar-refractivity contribution in [2.24, 2.45) is 0 Å². The highest BCUT2D eigenvalue weighted by Crippen LogP contribution is 2.31. The fourth-order valence-electron chi connectivity index (χ4n) is 3.39. The second kappa shape index (κ2) is 11.2. The molecule has 3 rings (SSSR count). The average molecular weight is 435 g/mol. The monoisotopic (exact) mass is 434 g/mol. The number of benzene rings is 3. The Morgan fingerprint density at radius 3 is 2.22 bits per heavy atom. The average Bonchev–Trinajstić information content (AvgIpc) is 2.83. The smallest absolute Gasteiger partial charge is 0.251 e. The fraction of sp³-hybridized carbons (Fsp3) is 0.269. The first-order chi connectivity index (χ1) is 15.5. The van der Waals surface area contributed by atoms with Gasteiger partial charge in [-0.3, -0.25) is 4.79 Å². The van der Waals surface area contributed by atoms with E-state index in [1.807, 2.05) is 86.9 Å². The number of amides is 1. The van der Waals surface area contributed by atoms with Gasteiger partial charge in [0.2, 0.25) is 0 Å². The van der Waals surface area contributed by atoms with E-state index in [1.165, 1.54) is 0 Å². The Bertz CT molecular complexity index is 1000. The Morgan fingerprint density at radius 1 is 0.906 bits per heavy atom. The summed E-state index contributed by atoms with van der Waals surface area (Å²) in [5.41, 5.74) is 2.64. The van der Waals surface area contributed by atoms with E-state index in [1.54, 1.807) is 14.2 Å². The van der Waals surface area contributed by atoms with Gasteiger partial charge in [0.05, 0.1) is 20.3 Å². The lowest BCUT2D eigenvalue weighted by Crippen LogP contribution is -2.34. The van der Waals surface area contributed by atoms with Gasteiger partial charge in [-0.2, -0.15) is 0 Å². The van der Waals surface area contributed by atoms with Gasteiger partial charge in [-0.1, -0.05) is 36.4 Å². The number of likely N-dealkylation sites (N-methyl/N-ethyl adjacent to an activating group) is 1. The lowest BCUT2D eigenvalue weighted by atomic mass is 10.0. The van der Waals surface area contributed by atoms with Crippen molar-refractivity contribution in [2.45, 2.75) is 12.6 Å². The van der Waals surface area contributed by atoms with Crippen LogP contribution in [0.3, 0.4) is 0 Å². The molecule has 0 radical (unpaired) electrons. The molecule has 6 nitrogen and oxygen atoms in total. The maximum atomic E-state index is 12.7. The van der Waals surface area contributed by atoms with Crippen LogP contribution in [0.5, 0.6) is 17.2 Å². The number of carbonyl (C=O) groups is 1. The minimum atomic E-state index is -0.118. The lowest BCUT2D eigenvalue weighted by Gasteiger charge is -2.26. The van der Waals surface area contributed by atoms with Crippen molar-refractivity contribution in [1.29, 1.82) is 0 Å². The van der Waals surface area contributed by atoms with Gasteiger partial charge in [-0.15, -0.1) is 0 Å². The molecule has 6 heteroatoms. The number of ether oxygens (including phenoxy) is 3. The quantitative estimate of drug-likeness (QED) is 0.515. The van der Waals surface area contributed by atoms with Crippen molar-refractivity contribution >= 4 is 5.91 Å². The Morgan fingerprint density at radius 2 is 1.59 bits per heavy atom. The van der Waals surface area contributed by atoms with Gasteiger partial charge in [0.1, 0.15) is 12.4 Å². The molecular formula is C26H30N2O4. The van der Waals surface area contributed by atoms with Crippen molar-refractivity contribution in [3.05, 3.63) is 89.5 Å². The van der Waals surface area contributed by atoms with Gasteiger partial charge < -0.3 is 24.4 Å². The van der Waals surface area contributed by atoms with E-state index in [-0.39, 0.29) is 11.9 Å². The largest absolute Gasteiger partial charge is 0.493 e. The van der Waals surface area contributed by atoms with Crippen LogP contribution in [-0.4, -0.2) is 45.7 Å². The number of hydrogen-bond donors (Lipinski definition) is 1. The van der Waals surface area contributed by atoms with Gasteiger partial charge in [0.15, 0.2) is 11.5 Å². The van der Waals surface area contributed by atoms with Crippen LogP contribution in [0.2, 0.25) is 0 Å². The summed E-state index contributed by atoms with van der Waals surface area (Å²) < 4.78 is 16.5. The van der Waals surface area contributed by atoms with Crippen LogP contribution < -0.4 is 19.5 Å². The summed E-state index contributed by atoms with van der Waals surface area (Å²) in [6.45, 7) is 0.911. The van der Waals surface area contributed by atoms with Crippen LogP contribution in [0.25, 0.3) is 0 Å². The molecule has 0 spiro atoms. The molecule has 168 valence electrons. The van der Waals surface area contributed by atoms with E-state index in [0.717, 1.165) is 16.9 Å². The molecular weight excluding hydrogens is 404 g/mol. The van der Waals surface area contributed by atoms with E-state index in [2.05, 4.69) is 10.2 Å². The first-order valence-corrected chi connectivity index (χ1v) is 10.4. The molecule has 3 aromatic rings. The molecule has 0 saturated carbocycles. The molecule has 0 bridgehead atoms. The molecule has 0 saturated heterocycles. The molecule has 0 fully saturated rings. The zero-order chi connectivity index (χ0) is 22.9. The molecule has 0 heterocycles. The third kappa shape index (κ3) is 6.02. The summed E-state index contributed by atoms with van der Waals surface area (Å²) in [6.07, 6.45) is 0. The summed E-state index contributed by atoms with van der Waals surface area (Å²) in [5.74, 6) is 2.04. The number of para-hydroxylation sites is 1. The topological polar surface area (TPSA) is 60.0 Å². The summed E-state index contributed by atoms with van der Waals surface area (Å²) in [7, 11) is 7.19. The molecule has 32 heavy (non-hydrogen) atoms. The van der Waals surface area contributed by atoms with E-state index in [4.69, 9.17) is 14.2 Å². The number of carbonyl (C=O) groups excluding carboxylic acids is 1. The third-order valence-electron chi connectivity index (χ3n) is 5.24. The molecule has 1 atom stereocenters. The highest BCUT2D eigenvalue weighted by atomic mass is 16.5. The van der Waals surface area contributed by atoms with E-state index in [0.29, 0.717) is 30.2 Å². The van der Waals surface area contributed by atoms with Gasteiger partial charge in [-0.05, 0) is 61.6 Å². The number of hydrogen-bond acceptors (Lipinski definition) is 5.